The van der Waals surface area contributed by atoms with Gasteiger partial charge in [0.25, 0.3) is 23.6 Å². The van der Waals surface area contributed by atoms with Gasteiger partial charge < -0.3 is 5.32 Å². The topological polar surface area (TPSA) is 86.8 Å². The number of nitrogens with zero attached hydrogens (tertiary/aromatic N) is 2. The fourth-order valence-electron chi connectivity index (χ4n) is 5.44. The summed E-state index contributed by atoms with van der Waals surface area (Å²) in [5.74, 6) is 0.577. The molecule has 0 atom stereocenters. The van der Waals surface area contributed by atoms with E-state index in [1.807, 2.05) is 48.5 Å². The zero-order valence-corrected chi connectivity index (χ0v) is 22.1. The molecule has 0 bridgehead atoms. The molecule has 4 aromatic rings. The molecule has 0 aliphatic carbocycles. The Hall–Kier alpha value is -4.01. The quantitative estimate of drug-likeness (QED) is 0.235. The van der Waals surface area contributed by atoms with Gasteiger partial charge >= 0.3 is 0 Å². The molecular formula is C31H27N3O4S. The number of imide groups is 2. The summed E-state index contributed by atoms with van der Waals surface area (Å²) >= 11 is 1.70. The van der Waals surface area contributed by atoms with E-state index in [4.69, 9.17) is 0 Å². The lowest BCUT2D eigenvalue weighted by molar-refractivity contribution is 0.0600. The fourth-order valence-corrected chi connectivity index (χ4v) is 6.30. The van der Waals surface area contributed by atoms with E-state index in [0.29, 0.717) is 47.6 Å². The minimum Gasteiger partial charge on any atom is -0.315 e. The van der Waals surface area contributed by atoms with Crippen LogP contribution in [0.15, 0.2) is 72.8 Å². The average Bonchev–Trinajstić information content (AvgIpc) is 2.96. The molecule has 0 spiro atoms. The van der Waals surface area contributed by atoms with Crippen LogP contribution in [0.1, 0.15) is 47.9 Å². The minimum absolute atomic E-state index is 0.229. The van der Waals surface area contributed by atoms with Gasteiger partial charge in [0, 0.05) is 58.4 Å². The molecule has 39 heavy (non-hydrogen) atoms. The third-order valence-corrected chi connectivity index (χ3v) is 8.37. The third-order valence-electron chi connectivity index (χ3n) is 7.33. The normalized spacial score (nSPS) is 14.7. The van der Waals surface area contributed by atoms with E-state index in [0.717, 1.165) is 40.3 Å². The Morgan fingerprint density at radius 2 is 0.974 bits per heavy atom. The molecule has 2 aliphatic heterocycles. The van der Waals surface area contributed by atoms with Crippen LogP contribution in [0.3, 0.4) is 0 Å². The highest BCUT2D eigenvalue weighted by Crippen LogP contribution is 2.31. The monoisotopic (exact) mass is 537 g/mol. The van der Waals surface area contributed by atoms with Crippen molar-refractivity contribution in [3.05, 3.63) is 95.1 Å². The van der Waals surface area contributed by atoms with Crippen molar-refractivity contribution < 1.29 is 19.2 Å². The molecule has 0 fully saturated rings. The Bertz CT molecular complexity index is 1430. The van der Waals surface area contributed by atoms with E-state index in [9.17, 15) is 19.2 Å². The molecule has 0 saturated carbocycles. The van der Waals surface area contributed by atoms with Crippen LogP contribution in [-0.4, -0.2) is 71.1 Å². The molecule has 2 aliphatic rings. The molecule has 196 valence electrons. The van der Waals surface area contributed by atoms with E-state index < -0.39 is 0 Å². The molecule has 0 aromatic heterocycles. The lowest BCUT2D eigenvalue weighted by atomic mass is 9.94. The van der Waals surface area contributed by atoms with Crippen molar-refractivity contribution in [3.8, 4) is 0 Å². The van der Waals surface area contributed by atoms with Crippen molar-refractivity contribution >= 4 is 56.9 Å². The van der Waals surface area contributed by atoms with Gasteiger partial charge in [-0.05, 0) is 53.8 Å². The lowest BCUT2D eigenvalue weighted by Gasteiger charge is -2.27. The number of thioether (sulfide) groups is 1. The van der Waals surface area contributed by atoms with Crippen LogP contribution < -0.4 is 5.32 Å². The predicted molar refractivity (Wildman–Crippen MR) is 153 cm³/mol. The Labute approximate surface area is 230 Å². The molecule has 1 N–H and O–H groups in total. The highest BCUT2D eigenvalue weighted by atomic mass is 32.2. The molecule has 0 radical (unpaired) electrons. The second kappa shape index (κ2) is 10.6. The van der Waals surface area contributed by atoms with Gasteiger partial charge in [-0.3, -0.25) is 29.0 Å². The van der Waals surface area contributed by atoms with Crippen molar-refractivity contribution in [2.24, 2.45) is 0 Å². The third kappa shape index (κ3) is 4.49. The van der Waals surface area contributed by atoms with E-state index in [1.54, 1.807) is 36.0 Å². The Morgan fingerprint density at radius 1 is 0.538 bits per heavy atom. The molecule has 8 heteroatoms. The maximum atomic E-state index is 13.0. The summed E-state index contributed by atoms with van der Waals surface area (Å²) in [4.78, 5) is 54.6. The lowest BCUT2D eigenvalue weighted by Crippen LogP contribution is -2.43. The molecule has 2 heterocycles. The summed E-state index contributed by atoms with van der Waals surface area (Å²) in [6.45, 7) is 1.94. The van der Waals surface area contributed by atoms with E-state index in [-0.39, 0.29) is 23.6 Å². The number of amides is 4. The van der Waals surface area contributed by atoms with Gasteiger partial charge in [0.1, 0.15) is 0 Å². The van der Waals surface area contributed by atoms with Gasteiger partial charge in [-0.15, -0.1) is 0 Å². The first kappa shape index (κ1) is 25.3. The van der Waals surface area contributed by atoms with Crippen molar-refractivity contribution in [2.75, 3.05) is 37.7 Å². The van der Waals surface area contributed by atoms with E-state index in [2.05, 4.69) is 5.32 Å². The highest BCUT2D eigenvalue weighted by Gasteiger charge is 2.33. The zero-order chi connectivity index (χ0) is 26.9. The van der Waals surface area contributed by atoms with Gasteiger partial charge in [0.2, 0.25) is 0 Å². The van der Waals surface area contributed by atoms with E-state index in [1.165, 1.54) is 9.80 Å². The fraction of sp³-hybridized carbons (Fsp3) is 0.226. The van der Waals surface area contributed by atoms with E-state index >= 15 is 0 Å². The summed E-state index contributed by atoms with van der Waals surface area (Å²) in [6, 6.07) is 22.2. The van der Waals surface area contributed by atoms with Crippen LogP contribution in [0.25, 0.3) is 21.5 Å². The van der Waals surface area contributed by atoms with Crippen LogP contribution in [0.2, 0.25) is 0 Å². The number of benzene rings is 4. The summed E-state index contributed by atoms with van der Waals surface area (Å²) in [5, 5.41) is 6.62. The summed E-state index contributed by atoms with van der Waals surface area (Å²) in [6.07, 6.45) is 0.888. The number of nitrogens with one attached hydrogen (secondary N) is 1. The van der Waals surface area contributed by atoms with Crippen molar-refractivity contribution in [1.82, 2.24) is 15.1 Å². The minimum atomic E-state index is -0.248. The molecule has 6 rings (SSSR count). The highest BCUT2D eigenvalue weighted by molar-refractivity contribution is 7.99. The second-order valence-electron chi connectivity index (χ2n) is 9.66. The molecular weight excluding hydrogens is 510 g/mol. The maximum absolute atomic E-state index is 13.0. The van der Waals surface area contributed by atoms with Crippen LogP contribution in [0.5, 0.6) is 0 Å². The van der Waals surface area contributed by atoms with Gasteiger partial charge in [0.15, 0.2) is 0 Å². The number of carbonyl (C=O) groups is 4. The molecule has 0 unspecified atom stereocenters. The SMILES string of the molecule is O=C1c2cccc3cccc(c23)C(=O)N1CCNCCCSCCN1C(=O)c2cccc3cccc(c23)C1=O. The summed E-state index contributed by atoms with van der Waals surface area (Å²) < 4.78 is 0. The van der Waals surface area contributed by atoms with Crippen molar-refractivity contribution in [2.45, 2.75) is 6.42 Å². The van der Waals surface area contributed by atoms with Crippen molar-refractivity contribution in [1.29, 1.82) is 0 Å². The summed E-state index contributed by atoms with van der Waals surface area (Å²) in [5.41, 5.74) is 2.32. The number of carbonyl (C=O) groups excluding carboxylic acids is 4. The average molecular weight is 538 g/mol. The standard InChI is InChI=1S/C31H27N3O4S/c35-28-22-10-1-6-20-7-2-11-23(26(20)22)29(36)33(28)16-15-32-14-5-18-39-19-17-34-30(37)24-12-3-8-21-9-4-13-25(27(21)24)31(34)38/h1-4,6-13,32H,5,14-19H2. The summed E-state index contributed by atoms with van der Waals surface area (Å²) in [7, 11) is 0. The van der Waals surface area contributed by atoms with Gasteiger partial charge in [-0.25, -0.2) is 0 Å². The Kier molecular flexibility index (Phi) is 6.89. The van der Waals surface area contributed by atoms with Crippen LogP contribution in [-0.2, 0) is 0 Å². The Balaban J connectivity index is 0.937. The number of hydrogen-bond acceptors (Lipinski definition) is 6. The second-order valence-corrected chi connectivity index (χ2v) is 10.9. The van der Waals surface area contributed by atoms with Gasteiger partial charge in [-0.2, -0.15) is 11.8 Å². The van der Waals surface area contributed by atoms with Crippen molar-refractivity contribution in [3.63, 3.8) is 0 Å². The smallest absolute Gasteiger partial charge is 0.261 e. The zero-order valence-electron chi connectivity index (χ0n) is 21.3. The molecule has 0 saturated heterocycles. The van der Waals surface area contributed by atoms with Gasteiger partial charge in [0.05, 0.1) is 0 Å². The van der Waals surface area contributed by atoms with Gasteiger partial charge in [-0.1, -0.05) is 48.5 Å². The molecule has 4 amide bonds. The predicted octanol–water partition coefficient (Wildman–Crippen LogP) is 4.60. The van der Waals surface area contributed by atoms with Crippen LogP contribution in [0, 0.1) is 0 Å². The molecule has 4 aromatic carbocycles. The van der Waals surface area contributed by atoms with Crippen LogP contribution >= 0.6 is 11.8 Å². The first-order valence-corrected chi connectivity index (χ1v) is 14.3. The van der Waals surface area contributed by atoms with Crippen LogP contribution in [0.4, 0.5) is 0 Å². The number of hydrogen-bond donors (Lipinski definition) is 1. The largest absolute Gasteiger partial charge is 0.315 e. The first-order chi connectivity index (χ1) is 19.1. The first-order valence-electron chi connectivity index (χ1n) is 13.1. The molecule has 7 nitrogen and oxygen atoms in total. The number of rotatable bonds is 10. The Morgan fingerprint density at radius 3 is 1.44 bits per heavy atom. The maximum Gasteiger partial charge on any atom is 0.261 e.